The van der Waals surface area contributed by atoms with Crippen molar-refractivity contribution >= 4 is 5.69 Å². The third-order valence-corrected chi connectivity index (χ3v) is 2.43. The number of aryl methyl sites for hydroxylation is 1. The van der Waals surface area contributed by atoms with E-state index in [1.54, 1.807) is 0 Å². The Morgan fingerprint density at radius 2 is 2.23 bits per heavy atom. The molecule has 0 radical (unpaired) electrons. The molecule has 0 atom stereocenters. The Kier molecular flexibility index (Phi) is 2.18. The van der Waals surface area contributed by atoms with Crippen molar-refractivity contribution in [1.29, 1.82) is 5.26 Å². The van der Waals surface area contributed by atoms with Crippen molar-refractivity contribution in [2.75, 3.05) is 11.9 Å². The highest BCUT2D eigenvalue weighted by Crippen LogP contribution is 2.22. The van der Waals surface area contributed by atoms with Crippen LogP contribution in [0.25, 0.3) is 0 Å². The molecule has 0 aliphatic carbocycles. The van der Waals surface area contributed by atoms with E-state index >= 15 is 0 Å². The van der Waals surface area contributed by atoms with Crippen molar-refractivity contribution < 1.29 is 0 Å². The van der Waals surface area contributed by atoms with Crippen LogP contribution < -0.4 is 5.32 Å². The molecule has 2 nitrogen and oxygen atoms in total. The predicted molar refractivity (Wildman–Crippen MR) is 52.6 cm³/mol. The second-order valence-corrected chi connectivity index (χ2v) is 3.37. The van der Waals surface area contributed by atoms with Gasteiger partial charge in [0.2, 0.25) is 0 Å². The molecule has 1 aliphatic heterocycles. The van der Waals surface area contributed by atoms with Crippen LogP contribution in [0.4, 0.5) is 5.69 Å². The summed E-state index contributed by atoms with van der Waals surface area (Å²) in [6, 6.07) is 8.06. The summed E-state index contributed by atoms with van der Waals surface area (Å²) in [5.74, 6) is 0. The van der Waals surface area contributed by atoms with Gasteiger partial charge in [-0.1, -0.05) is 6.07 Å². The summed E-state index contributed by atoms with van der Waals surface area (Å²) in [6.45, 7) is 1.03. The second-order valence-electron chi connectivity index (χ2n) is 3.37. The molecule has 0 fully saturated rings. The topological polar surface area (TPSA) is 35.8 Å². The first-order valence-corrected chi connectivity index (χ1v) is 4.67. The molecule has 1 aromatic rings. The summed E-state index contributed by atoms with van der Waals surface area (Å²) >= 11 is 0. The van der Waals surface area contributed by atoms with E-state index in [-0.39, 0.29) is 0 Å². The van der Waals surface area contributed by atoms with Gasteiger partial charge in [0, 0.05) is 12.2 Å². The van der Waals surface area contributed by atoms with Crippen LogP contribution in [0, 0.1) is 11.3 Å². The number of rotatable bonds is 0. The van der Waals surface area contributed by atoms with Crippen LogP contribution in [-0.2, 0) is 6.42 Å². The molecule has 2 rings (SSSR count). The molecule has 2 heteroatoms. The average Bonchev–Trinajstić information content (AvgIpc) is 2.41. The molecule has 66 valence electrons. The minimum Gasteiger partial charge on any atom is -0.385 e. The van der Waals surface area contributed by atoms with E-state index in [4.69, 9.17) is 5.26 Å². The monoisotopic (exact) mass is 172 g/mol. The summed E-state index contributed by atoms with van der Waals surface area (Å²) in [6.07, 6.45) is 3.59. The average molecular weight is 172 g/mol. The number of nitrogens with zero attached hydrogens (tertiary/aromatic N) is 1. The van der Waals surface area contributed by atoms with Crippen LogP contribution in [0.2, 0.25) is 0 Å². The zero-order chi connectivity index (χ0) is 9.10. The van der Waals surface area contributed by atoms with Gasteiger partial charge < -0.3 is 5.32 Å². The summed E-state index contributed by atoms with van der Waals surface area (Å²) < 4.78 is 0. The molecule has 0 saturated carbocycles. The highest BCUT2D eigenvalue weighted by atomic mass is 14.9. The molecule has 0 bridgehead atoms. The van der Waals surface area contributed by atoms with Gasteiger partial charge in [0.1, 0.15) is 0 Å². The lowest BCUT2D eigenvalue weighted by Gasteiger charge is -2.06. The Bertz CT molecular complexity index is 350. The zero-order valence-corrected chi connectivity index (χ0v) is 7.51. The van der Waals surface area contributed by atoms with Crippen molar-refractivity contribution in [3.05, 3.63) is 29.3 Å². The van der Waals surface area contributed by atoms with Gasteiger partial charge in [-0.2, -0.15) is 5.26 Å². The molecule has 1 aromatic carbocycles. The predicted octanol–water partition coefficient (Wildman–Crippen LogP) is 2.31. The van der Waals surface area contributed by atoms with Crippen molar-refractivity contribution in [2.45, 2.75) is 19.3 Å². The number of hydrogen-bond acceptors (Lipinski definition) is 2. The molecule has 0 unspecified atom stereocenters. The summed E-state index contributed by atoms with van der Waals surface area (Å²) in [4.78, 5) is 0. The normalized spacial score (nSPS) is 15.0. The fourth-order valence-corrected chi connectivity index (χ4v) is 1.69. The number of hydrogen-bond donors (Lipinski definition) is 1. The lowest BCUT2D eigenvalue weighted by molar-refractivity contribution is 0.785. The Morgan fingerprint density at radius 1 is 1.31 bits per heavy atom. The molecule has 0 saturated heterocycles. The third-order valence-electron chi connectivity index (χ3n) is 2.43. The van der Waals surface area contributed by atoms with Crippen LogP contribution in [-0.4, -0.2) is 6.54 Å². The third kappa shape index (κ3) is 1.65. The Morgan fingerprint density at radius 3 is 3.08 bits per heavy atom. The van der Waals surface area contributed by atoms with E-state index < -0.39 is 0 Å². The molecule has 1 heterocycles. The Balaban J connectivity index is 2.39. The largest absolute Gasteiger partial charge is 0.385 e. The maximum absolute atomic E-state index is 8.73. The van der Waals surface area contributed by atoms with Crippen LogP contribution in [0.1, 0.15) is 24.0 Å². The van der Waals surface area contributed by atoms with Gasteiger partial charge in [0.05, 0.1) is 11.6 Å². The standard InChI is InChI=1S/C11H12N2/c12-8-9-4-5-10-3-1-2-6-13-11(10)7-9/h4-5,7,13H,1-3,6H2. The molecule has 1 N–H and O–H groups in total. The summed E-state index contributed by atoms with van der Waals surface area (Å²) in [5, 5.41) is 12.1. The summed E-state index contributed by atoms with van der Waals surface area (Å²) in [7, 11) is 0. The molecular weight excluding hydrogens is 160 g/mol. The zero-order valence-electron chi connectivity index (χ0n) is 7.51. The fourth-order valence-electron chi connectivity index (χ4n) is 1.69. The van der Waals surface area contributed by atoms with Gasteiger partial charge in [0.25, 0.3) is 0 Å². The van der Waals surface area contributed by atoms with Gasteiger partial charge >= 0.3 is 0 Å². The number of nitriles is 1. The quantitative estimate of drug-likeness (QED) is 0.651. The molecule has 1 aliphatic rings. The number of nitrogens with one attached hydrogen (secondary N) is 1. The molecule has 0 aromatic heterocycles. The maximum Gasteiger partial charge on any atom is 0.0992 e. The van der Waals surface area contributed by atoms with E-state index in [0.29, 0.717) is 0 Å². The first-order valence-electron chi connectivity index (χ1n) is 4.67. The van der Waals surface area contributed by atoms with Crippen LogP contribution in [0.15, 0.2) is 18.2 Å². The molecule has 0 amide bonds. The lowest BCUT2D eigenvalue weighted by atomic mass is 10.1. The van der Waals surface area contributed by atoms with E-state index in [9.17, 15) is 0 Å². The van der Waals surface area contributed by atoms with Crippen LogP contribution in [0.3, 0.4) is 0 Å². The first-order chi connectivity index (χ1) is 6.40. The van der Waals surface area contributed by atoms with E-state index in [1.807, 2.05) is 12.1 Å². The Hall–Kier alpha value is -1.49. The lowest BCUT2D eigenvalue weighted by Crippen LogP contribution is -1.99. The van der Waals surface area contributed by atoms with E-state index in [1.165, 1.54) is 18.4 Å². The van der Waals surface area contributed by atoms with Gasteiger partial charge in [-0.25, -0.2) is 0 Å². The van der Waals surface area contributed by atoms with E-state index in [2.05, 4.69) is 17.5 Å². The minimum atomic E-state index is 0.744. The first kappa shape index (κ1) is 8.12. The number of anilines is 1. The number of benzene rings is 1. The SMILES string of the molecule is N#Cc1ccc2c(c1)NCCCC2. The van der Waals surface area contributed by atoms with Gasteiger partial charge in [0.15, 0.2) is 0 Å². The van der Waals surface area contributed by atoms with Gasteiger partial charge in [-0.15, -0.1) is 0 Å². The van der Waals surface area contributed by atoms with Crippen LogP contribution in [0.5, 0.6) is 0 Å². The highest BCUT2D eigenvalue weighted by molar-refractivity contribution is 5.56. The minimum absolute atomic E-state index is 0.744. The van der Waals surface area contributed by atoms with Crippen LogP contribution >= 0.6 is 0 Å². The number of fused-ring (bicyclic) bond motifs is 1. The van der Waals surface area contributed by atoms with E-state index in [0.717, 1.165) is 24.2 Å². The van der Waals surface area contributed by atoms with Gasteiger partial charge in [-0.3, -0.25) is 0 Å². The fraction of sp³-hybridized carbons (Fsp3) is 0.364. The van der Waals surface area contributed by atoms with Crippen molar-refractivity contribution in [3.8, 4) is 6.07 Å². The molecule has 0 spiro atoms. The summed E-state index contributed by atoms with van der Waals surface area (Å²) in [5.41, 5.74) is 3.24. The molecule has 13 heavy (non-hydrogen) atoms. The van der Waals surface area contributed by atoms with Crippen molar-refractivity contribution in [1.82, 2.24) is 0 Å². The van der Waals surface area contributed by atoms with Crippen molar-refractivity contribution in [3.63, 3.8) is 0 Å². The second kappa shape index (κ2) is 3.49. The van der Waals surface area contributed by atoms with Gasteiger partial charge in [-0.05, 0) is 37.0 Å². The smallest absolute Gasteiger partial charge is 0.0992 e. The Labute approximate surface area is 78.2 Å². The maximum atomic E-state index is 8.73. The highest BCUT2D eigenvalue weighted by Gasteiger charge is 2.06. The van der Waals surface area contributed by atoms with Crippen molar-refractivity contribution in [2.24, 2.45) is 0 Å². The molecular formula is C11H12N2.